The number of benzene rings is 1. The number of rotatable bonds is 5. The van der Waals surface area contributed by atoms with Crippen molar-refractivity contribution >= 4 is 28.9 Å². The van der Waals surface area contributed by atoms with Crippen molar-refractivity contribution in [2.24, 2.45) is 0 Å². The number of hydrogen-bond acceptors (Lipinski definition) is 2. The minimum Gasteiger partial charge on any atom is -0.383 e. The Balaban J connectivity index is 2.66. The molecule has 0 aliphatic carbocycles. The number of ether oxygens (including phenoxy) is 1. The number of hydrogen-bond donors (Lipinski definition) is 1. The smallest absolute Gasteiger partial charge is 0.169 e. The van der Waals surface area contributed by atoms with Gasteiger partial charge in [0.2, 0.25) is 0 Å². The molecule has 0 bridgehead atoms. The number of nitrogens with zero attached hydrogens (tertiary/aromatic N) is 1. The van der Waals surface area contributed by atoms with Gasteiger partial charge in [0.15, 0.2) is 5.11 Å². The highest BCUT2D eigenvalue weighted by Gasteiger charge is 2.16. The third kappa shape index (κ3) is 4.97. The van der Waals surface area contributed by atoms with Crippen LogP contribution >= 0.6 is 23.8 Å². The standard InChI is InChI=1S/C14H21ClN2OS/c1-10(9-18-4)16-14(19)17(3)11(2)12-6-5-7-13(15)8-12/h5-8,10-11H,9H2,1-4H3,(H,16,19). The van der Waals surface area contributed by atoms with Crippen molar-refractivity contribution < 1.29 is 4.74 Å². The van der Waals surface area contributed by atoms with Crippen molar-refractivity contribution in [3.8, 4) is 0 Å². The number of nitrogens with one attached hydrogen (secondary N) is 1. The summed E-state index contributed by atoms with van der Waals surface area (Å²) >= 11 is 11.4. The van der Waals surface area contributed by atoms with Gasteiger partial charge in [-0.25, -0.2) is 0 Å². The summed E-state index contributed by atoms with van der Waals surface area (Å²) < 4.78 is 5.09. The molecule has 0 aromatic heterocycles. The molecule has 3 nitrogen and oxygen atoms in total. The van der Waals surface area contributed by atoms with Crippen molar-refractivity contribution in [1.29, 1.82) is 0 Å². The largest absolute Gasteiger partial charge is 0.383 e. The van der Waals surface area contributed by atoms with Crippen LogP contribution in [0.3, 0.4) is 0 Å². The fourth-order valence-corrected chi connectivity index (χ4v) is 2.33. The Bertz CT molecular complexity index is 428. The lowest BCUT2D eigenvalue weighted by Crippen LogP contribution is -2.44. The van der Waals surface area contributed by atoms with Gasteiger partial charge >= 0.3 is 0 Å². The molecule has 5 heteroatoms. The summed E-state index contributed by atoms with van der Waals surface area (Å²) in [7, 11) is 3.65. The first-order chi connectivity index (χ1) is 8.95. The third-order valence-corrected chi connectivity index (χ3v) is 3.66. The Morgan fingerprint density at radius 1 is 1.47 bits per heavy atom. The van der Waals surface area contributed by atoms with Gasteiger partial charge in [0, 0.05) is 25.2 Å². The maximum absolute atomic E-state index is 6.02. The van der Waals surface area contributed by atoms with Crippen LogP contribution < -0.4 is 5.32 Å². The molecule has 0 aliphatic heterocycles. The molecule has 0 fully saturated rings. The Hall–Kier alpha value is -0.840. The summed E-state index contributed by atoms with van der Waals surface area (Å²) in [6.45, 7) is 4.76. The number of halogens is 1. The van der Waals surface area contributed by atoms with Crippen molar-refractivity contribution in [2.45, 2.75) is 25.9 Å². The van der Waals surface area contributed by atoms with Crippen LogP contribution in [0.25, 0.3) is 0 Å². The van der Waals surface area contributed by atoms with E-state index in [-0.39, 0.29) is 12.1 Å². The quantitative estimate of drug-likeness (QED) is 0.844. The average Bonchev–Trinajstić information content (AvgIpc) is 2.37. The van der Waals surface area contributed by atoms with Crippen LogP contribution in [0.4, 0.5) is 0 Å². The number of thiocarbonyl (C=S) groups is 1. The van der Waals surface area contributed by atoms with E-state index in [9.17, 15) is 0 Å². The normalized spacial score (nSPS) is 13.7. The predicted molar refractivity (Wildman–Crippen MR) is 84.7 cm³/mol. The Morgan fingerprint density at radius 3 is 2.74 bits per heavy atom. The second-order valence-electron chi connectivity index (χ2n) is 4.65. The molecule has 0 amide bonds. The highest BCUT2D eigenvalue weighted by molar-refractivity contribution is 7.80. The van der Waals surface area contributed by atoms with Crippen molar-refractivity contribution in [2.75, 3.05) is 20.8 Å². The monoisotopic (exact) mass is 300 g/mol. The van der Waals surface area contributed by atoms with E-state index in [1.807, 2.05) is 43.1 Å². The lowest BCUT2D eigenvalue weighted by Gasteiger charge is -2.30. The molecule has 1 aromatic rings. The lowest BCUT2D eigenvalue weighted by atomic mass is 10.1. The van der Waals surface area contributed by atoms with E-state index in [2.05, 4.69) is 12.2 Å². The van der Waals surface area contributed by atoms with E-state index in [0.29, 0.717) is 11.7 Å². The zero-order valence-electron chi connectivity index (χ0n) is 11.8. The van der Waals surface area contributed by atoms with E-state index in [4.69, 9.17) is 28.6 Å². The SMILES string of the molecule is COCC(C)NC(=S)N(C)C(C)c1cccc(Cl)c1. The van der Waals surface area contributed by atoms with E-state index in [0.717, 1.165) is 10.6 Å². The molecule has 2 atom stereocenters. The van der Waals surface area contributed by atoms with Crippen molar-refractivity contribution in [3.05, 3.63) is 34.9 Å². The summed E-state index contributed by atoms with van der Waals surface area (Å²) in [5.74, 6) is 0. The van der Waals surface area contributed by atoms with E-state index < -0.39 is 0 Å². The summed E-state index contributed by atoms with van der Waals surface area (Å²) in [6, 6.07) is 8.18. The Morgan fingerprint density at radius 2 is 2.16 bits per heavy atom. The first kappa shape index (κ1) is 16.2. The summed E-state index contributed by atoms with van der Waals surface area (Å²) in [6.07, 6.45) is 0. The summed E-state index contributed by atoms with van der Waals surface area (Å²) in [5, 5.41) is 4.69. The third-order valence-electron chi connectivity index (χ3n) is 3.02. The van der Waals surface area contributed by atoms with Gasteiger partial charge in [-0.3, -0.25) is 0 Å². The molecule has 0 spiro atoms. The molecule has 106 valence electrons. The van der Waals surface area contributed by atoms with Gasteiger partial charge in [0.25, 0.3) is 0 Å². The average molecular weight is 301 g/mol. The molecule has 0 heterocycles. The van der Waals surface area contributed by atoms with E-state index >= 15 is 0 Å². The molecule has 0 saturated carbocycles. The van der Waals surface area contributed by atoms with Crippen LogP contribution in [-0.4, -0.2) is 36.8 Å². The maximum atomic E-state index is 6.02. The fraction of sp³-hybridized carbons (Fsp3) is 0.500. The second kappa shape index (κ2) is 7.68. The van der Waals surface area contributed by atoms with Gasteiger partial charge in [-0.1, -0.05) is 23.7 Å². The molecule has 0 saturated heterocycles. The summed E-state index contributed by atoms with van der Waals surface area (Å²) in [5.41, 5.74) is 1.14. The predicted octanol–water partition coefficient (Wildman–Crippen LogP) is 3.24. The molecular formula is C14H21ClN2OS. The van der Waals surface area contributed by atoms with E-state index in [1.165, 1.54) is 0 Å². The highest BCUT2D eigenvalue weighted by atomic mass is 35.5. The number of methoxy groups -OCH3 is 1. The molecule has 19 heavy (non-hydrogen) atoms. The van der Waals surface area contributed by atoms with Crippen LogP contribution in [0.15, 0.2) is 24.3 Å². The highest BCUT2D eigenvalue weighted by Crippen LogP contribution is 2.21. The first-order valence-electron chi connectivity index (χ1n) is 6.23. The van der Waals surface area contributed by atoms with Crippen LogP contribution in [0.2, 0.25) is 5.02 Å². The summed E-state index contributed by atoms with van der Waals surface area (Å²) in [4.78, 5) is 2.02. The van der Waals surface area contributed by atoms with Gasteiger partial charge in [0.05, 0.1) is 12.6 Å². The molecule has 1 rings (SSSR count). The van der Waals surface area contributed by atoms with Crippen LogP contribution in [0.5, 0.6) is 0 Å². The topological polar surface area (TPSA) is 24.5 Å². The lowest BCUT2D eigenvalue weighted by molar-refractivity contribution is 0.177. The van der Waals surface area contributed by atoms with Gasteiger partial charge in [-0.2, -0.15) is 0 Å². The molecule has 1 N–H and O–H groups in total. The minimum absolute atomic E-state index is 0.161. The zero-order chi connectivity index (χ0) is 14.4. The maximum Gasteiger partial charge on any atom is 0.169 e. The zero-order valence-corrected chi connectivity index (χ0v) is 13.4. The van der Waals surface area contributed by atoms with Gasteiger partial charge in [0.1, 0.15) is 0 Å². The van der Waals surface area contributed by atoms with Crippen LogP contribution in [0.1, 0.15) is 25.5 Å². The molecule has 2 unspecified atom stereocenters. The first-order valence-corrected chi connectivity index (χ1v) is 7.02. The molecule has 0 aliphatic rings. The molecular weight excluding hydrogens is 280 g/mol. The van der Waals surface area contributed by atoms with Crippen molar-refractivity contribution in [1.82, 2.24) is 10.2 Å². The fourth-order valence-electron chi connectivity index (χ4n) is 1.77. The minimum atomic E-state index is 0.161. The van der Waals surface area contributed by atoms with Gasteiger partial charge < -0.3 is 15.0 Å². The van der Waals surface area contributed by atoms with Gasteiger partial charge in [-0.05, 0) is 43.8 Å². The van der Waals surface area contributed by atoms with Crippen molar-refractivity contribution in [3.63, 3.8) is 0 Å². The van der Waals surface area contributed by atoms with Crippen LogP contribution in [0, 0.1) is 0 Å². The second-order valence-corrected chi connectivity index (χ2v) is 5.47. The Kier molecular flexibility index (Phi) is 6.55. The van der Waals surface area contributed by atoms with Crippen LogP contribution in [-0.2, 0) is 4.74 Å². The Labute approximate surface area is 125 Å². The van der Waals surface area contributed by atoms with Gasteiger partial charge in [-0.15, -0.1) is 0 Å². The van der Waals surface area contributed by atoms with E-state index in [1.54, 1.807) is 7.11 Å². The molecule has 0 radical (unpaired) electrons. The molecule has 1 aromatic carbocycles.